The van der Waals surface area contributed by atoms with Gasteiger partial charge in [0.05, 0.1) is 0 Å². The van der Waals surface area contributed by atoms with Crippen LogP contribution >= 0.6 is 0 Å². The maximum absolute atomic E-state index is 12.2. The molecular formula is C12H9F3N2O3. The largest absolute Gasteiger partial charge is 0.470 e. The molecule has 1 aromatic heterocycles. The summed E-state index contributed by atoms with van der Waals surface area (Å²) in [4.78, 5) is 11.4. The SMILES string of the molecule is O=C(Cc1nnc(C(F)(F)F)o1)OCc1ccccc1. The van der Waals surface area contributed by atoms with Gasteiger partial charge in [0, 0.05) is 0 Å². The number of ether oxygens (including phenoxy) is 1. The van der Waals surface area contributed by atoms with Gasteiger partial charge in [0.25, 0.3) is 0 Å². The molecule has 0 spiro atoms. The van der Waals surface area contributed by atoms with E-state index in [0.717, 1.165) is 5.56 Å². The quantitative estimate of drug-likeness (QED) is 0.807. The summed E-state index contributed by atoms with van der Waals surface area (Å²) in [6, 6.07) is 8.86. The molecule has 2 rings (SSSR count). The van der Waals surface area contributed by atoms with Crippen molar-refractivity contribution in [1.29, 1.82) is 0 Å². The lowest BCUT2D eigenvalue weighted by Gasteiger charge is -2.03. The third-order valence-electron chi connectivity index (χ3n) is 2.25. The lowest BCUT2D eigenvalue weighted by molar-refractivity contribution is -0.158. The molecule has 8 heteroatoms. The van der Waals surface area contributed by atoms with Crippen molar-refractivity contribution >= 4 is 5.97 Å². The highest BCUT2D eigenvalue weighted by atomic mass is 19.4. The molecule has 1 aromatic carbocycles. The third kappa shape index (κ3) is 3.81. The van der Waals surface area contributed by atoms with Gasteiger partial charge in [0.15, 0.2) is 0 Å². The molecule has 0 unspecified atom stereocenters. The fourth-order valence-electron chi connectivity index (χ4n) is 1.35. The topological polar surface area (TPSA) is 65.2 Å². The van der Waals surface area contributed by atoms with Crippen molar-refractivity contribution in [2.24, 2.45) is 0 Å². The Balaban J connectivity index is 1.87. The molecule has 2 aromatic rings. The van der Waals surface area contributed by atoms with E-state index in [9.17, 15) is 18.0 Å². The molecule has 0 saturated carbocycles. The van der Waals surface area contributed by atoms with Crippen molar-refractivity contribution < 1.29 is 27.1 Å². The Hall–Kier alpha value is -2.38. The minimum atomic E-state index is -4.72. The van der Waals surface area contributed by atoms with E-state index in [2.05, 4.69) is 14.6 Å². The van der Waals surface area contributed by atoms with Gasteiger partial charge in [0.1, 0.15) is 13.0 Å². The van der Waals surface area contributed by atoms with E-state index in [1.165, 1.54) is 0 Å². The molecule has 1 heterocycles. The molecule has 106 valence electrons. The lowest BCUT2D eigenvalue weighted by Crippen LogP contribution is -2.08. The molecule has 5 nitrogen and oxygen atoms in total. The number of benzene rings is 1. The Labute approximate surface area is 111 Å². The van der Waals surface area contributed by atoms with Crippen LogP contribution in [-0.2, 0) is 28.7 Å². The van der Waals surface area contributed by atoms with Gasteiger partial charge in [0.2, 0.25) is 5.89 Å². The van der Waals surface area contributed by atoms with E-state index >= 15 is 0 Å². The van der Waals surface area contributed by atoms with Gasteiger partial charge in [-0.2, -0.15) is 13.2 Å². The number of carbonyl (C=O) groups is 1. The predicted molar refractivity (Wildman–Crippen MR) is 59.2 cm³/mol. The fraction of sp³-hybridized carbons (Fsp3) is 0.250. The molecule has 0 bridgehead atoms. The van der Waals surface area contributed by atoms with E-state index in [4.69, 9.17) is 4.74 Å². The minimum Gasteiger partial charge on any atom is -0.460 e. The van der Waals surface area contributed by atoms with Crippen LogP contribution in [0.2, 0.25) is 0 Å². The van der Waals surface area contributed by atoms with Crippen LogP contribution in [-0.4, -0.2) is 16.2 Å². The number of hydrogen-bond donors (Lipinski definition) is 0. The molecule has 0 aliphatic rings. The van der Waals surface area contributed by atoms with Gasteiger partial charge in [-0.25, -0.2) is 0 Å². The fourth-order valence-corrected chi connectivity index (χ4v) is 1.35. The van der Waals surface area contributed by atoms with E-state index in [1.54, 1.807) is 24.3 Å². The molecule has 0 saturated heterocycles. The third-order valence-corrected chi connectivity index (χ3v) is 2.25. The van der Waals surface area contributed by atoms with E-state index in [1.807, 2.05) is 6.07 Å². The number of carbonyl (C=O) groups excluding carboxylic acids is 1. The van der Waals surface area contributed by atoms with Crippen LogP contribution in [0, 0.1) is 0 Å². The highest BCUT2D eigenvalue weighted by Crippen LogP contribution is 2.27. The van der Waals surface area contributed by atoms with Crippen LogP contribution in [0.5, 0.6) is 0 Å². The van der Waals surface area contributed by atoms with Crippen LogP contribution in [0.15, 0.2) is 34.7 Å². The standard InChI is InChI=1S/C12H9F3N2O3/c13-12(14,15)11-17-16-9(20-11)6-10(18)19-7-8-4-2-1-3-5-8/h1-5H,6-7H2. The molecular weight excluding hydrogens is 277 g/mol. The first-order chi connectivity index (χ1) is 9.45. The van der Waals surface area contributed by atoms with Crippen molar-refractivity contribution in [3.63, 3.8) is 0 Å². The second-order valence-corrected chi connectivity index (χ2v) is 3.82. The zero-order valence-corrected chi connectivity index (χ0v) is 10.1. The molecule has 0 aliphatic carbocycles. The Morgan fingerprint density at radius 1 is 1.20 bits per heavy atom. The smallest absolute Gasteiger partial charge is 0.460 e. The Kier molecular flexibility index (Phi) is 4.02. The van der Waals surface area contributed by atoms with E-state index < -0.39 is 30.3 Å². The van der Waals surface area contributed by atoms with Gasteiger partial charge in [-0.3, -0.25) is 4.79 Å². The Bertz CT molecular complexity index is 581. The summed E-state index contributed by atoms with van der Waals surface area (Å²) >= 11 is 0. The monoisotopic (exact) mass is 286 g/mol. The number of esters is 1. The number of aromatic nitrogens is 2. The van der Waals surface area contributed by atoms with Crippen LogP contribution < -0.4 is 0 Å². The summed E-state index contributed by atoms with van der Waals surface area (Å²) in [6.45, 7) is 0.0277. The molecule has 0 fully saturated rings. The molecule has 0 amide bonds. The van der Waals surface area contributed by atoms with Gasteiger partial charge >= 0.3 is 18.0 Å². The van der Waals surface area contributed by atoms with Gasteiger partial charge in [-0.1, -0.05) is 30.3 Å². The average molecular weight is 286 g/mol. The number of nitrogens with zero attached hydrogens (tertiary/aromatic N) is 2. The first-order valence-electron chi connectivity index (χ1n) is 5.54. The maximum atomic E-state index is 12.2. The van der Waals surface area contributed by atoms with Crippen molar-refractivity contribution in [2.75, 3.05) is 0 Å². The van der Waals surface area contributed by atoms with Crippen LogP contribution in [0.25, 0.3) is 0 Å². The molecule has 0 atom stereocenters. The van der Waals surface area contributed by atoms with Crippen molar-refractivity contribution in [2.45, 2.75) is 19.2 Å². The molecule has 0 aliphatic heterocycles. The highest BCUT2D eigenvalue weighted by molar-refractivity contribution is 5.71. The van der Waals surface area contributed by atoms with E-state index in [-0.39, 0.29) is 6.61 Å². The van der Waals surface area contributed by atoms with Gasteiger partial charge in [-0.05, 0) is 5.56 Å². The second kappa shape index (κ2) is 5.72. The second-order valence-electron chi connectivity index (χ2n) is 3.82. The first kappa shape index (κ1) is 14.0. The average Bonchev–Trinajstić information content (AvgIpc) is 2.86. The highest BCUT2D eigenvalue weighted by Gasteiger charge is 2.38. The summed E-state index contributed by atoms with van der Waals surface area (Å²) in [7, 11) is 0. The summed E-state index contributed by atoms with van der Waals surface area (Å²) < 4.78 is 45.8. The zero-order valence-electron chi connectivity index (χ0n) is 10.1. The maximum Gasteiger partial charge on any atom is 0.470 e. The van der Waals surface area contributed by atoms with Crippen LogP contribution in [0.1, 0.15) is 17.3 Å². The van der Waals surface area contributed by atoms with Crippen LogP contribution in [0.4, 0.5) is 13.2 Å². The molecule has 0 N–H and O–H groups in total. The number of rotatable bonds is 4. The summed E-state index contributed by atoms with van der Waals surface area (Å²) in [5.41, 5.74) is 0.766. The van der Waals surface area contributed by atoms with E-state index in [0.29, 0.717) is 0 Å². The number of hydrogen-bond acceptors (Lipinski definition) is 5. The van der Waals surface area contributed by atoms with Crippen LogP contribution in [0.3, 0.4) is 0 Å². The van der Waals surface area contributed by atoms with Crippen molar-refractivity contribution in [3.8, 4) is 0 Å². The summed E-state index contributed by atoms with van der Waals surface area (Å²) in [5.74, 6) is -2.66. The van der Waals surface area contributed by atoms with Gasteiger partial charge < -0.3 is 9.15 Å². The normalized spacial score (nSPS) is 11.3. The summed E-state index contributed by atoms with van der Waals surface area (Å²) in [5, 5.41) is 5.95. The minimum absolute atomic E-state index is 0.0277. The zero-order chi connectivity index (χ0) is 14.6. The Morgan fingerprint density at radius 3 is 2.50 bits per heavy atom. The van der Waals surface area contributed by atoms with Crippen molar-refractivity contribution in [3.05, 3.63) is 47.7 Å². The molecule has 0 radical (unpaired) electrons. The number of halogens is 3. The first-order valence-corrected chi connectivity index (χ1v) is 5.54. The number of alkyl halides is 3. The Morgan fingerprint density at radius 2 is 1.90 bits per heavy atom. The molecule has 20 heavy (non-hydrogen) atoms. The van der Waals surface area contributed by atoms with Crippen molar-refractivity contribution in [1.82, 2.24) is 10.2 Å². The lowest BCUT2D eigenvalue weighted by atomic mass is 10.2. The van der Waals surface area contributed by atoms with Gasteiger partial charge in [-0.15, -0.1) is 10.2 Å². The predicted octanol–water partition coefficient (Wildman–Crippen LogP) is 2.37. The summed E-state index contributed by atoms with van der Waals surface area (Å²) in [6.07, 6.45) is -5.23.